The van der Waals surface area contributed by atoms with Gasteiger partial charge in [-0.1, -0.05) is 11.6 Å². The summed E-state index contributed by atoms with van der Waals surface area (Å²) in [5.74, 6) is -0.709. The SMILES string of the molecule is CN(C=O)C(=O)C(Cl)C#N. The Bertz CT molecular complexity index is 187. The van der Waals surface area contributed by atoms with E-state index in [2.05, 4.69) is 0 Å². The van der Waals surface area contributed by atoms with E-state index in [1.165, 1.54) is 13.1 Å². The monoisotopic (exact) mass is 160 g/mol. The van der Waals surface area contributed by atoms with Crippen molar-refractivity contribution >= 4 is 23.9 Å². The molecule has 0 aromatic carbocycles. The molecule has 0 saturated heterocycles. The van der Waals surface area contributed by atoms with Crippen LogP contribution in [0.5, 0.6) is 0 Å². The average Bonchev–Trinajstić information content (AvgIpc) is 2.00. The highest BCUT2D eigenvalue weighted by Crippen LogP contribution is 1.96. The van der Waals surface area contributed by atoms with E-state index in [0.29, 0.717) is 6.41 Å². The molecule has 1 unspecified atom stereocenters. The van der Waals surface area contributed by atoms with Crippen LogP contribution in [0.1, 0.15) is 0 Å². The molecule has 0 aliphatic rings. The molecule has 0 saturated carbocycles. The Morgan fingerprint density at radius 2 is 2.40 bits per heavy atom. The van der Waals surface area contributed by atoms with Crippen molar-refractivity contribution < 1.29 is 9.59 Å². The summed E-state index contributed by atoms with van der Waals surface area (Å²) in [4.78, 5) is 21.3. The summed E-state index contributed by atoms with van der Waals surface area (Å²) >= 11 is 5.18. The van der Waals surface area contributed by atoms with Gasteiger partial charge in [0.15, 0.2) is 5.38 Å². The smallest absolute Gasteiger partial charge is 0.261 e. The highest BCUT2D eigenvalue weighted by molar-refractivity contribution is 6.33. The van der Waals surface area contributed by atoms with Crippen LogP contribution >= 0.6 is 11.6 Å². The minimum Gasteiger partial charge on any atom is -0.286 e. The largest absolute Gasteiger partial charge is 0.286 e. The van der Waals surface area contributed by atoms with Crippen molar-refractivity contribution in [3.63, 3.8) is 0 Å². The van der Waals surface area contributed by atoms with Gasteiger partial charge in [0, 0.05) is 7.05 Å². The van der Waals surface area contributed by atoms with Gasteiger partial charge in [-0.05, 0) is 0 Å². The molecule has 2 amide bonds. The number of alkyl halides is 1. The molecular weight excluding hydrogens is 156 g/mol. The van der Waals surface area contributed by atoms with Crippen LogP contribution in [0.3, 0.4) is 0 Å². The molecule has 0 fully saturated rings. The lowest BCUT2D eigenvalue weighted by atomic mass is 10.4. The normalized spacial score (nSPS) is 11.3. The molecule has 0 spiro atoms. The van der Waals surface area contributed by atoms with E-state index in [1.807, 2.05) is 0 Å². The highest BCUT2D eigenvalue weighted by Gasteiger charge is 2.17. The fourth-order valence-corrected chi connectivity index (χ4v) is 0.440. The van der Waals surface area contributed by atoms with Crippen molar-refractivity contribution in [2.45, 2.75) is 5.38 Å². The lowest BCUT2D eigenvalue weighted by molar-refractivity contribution is -0.135. The maximum Gasteiger partial charge on any atom is 0.261 e. The van der Waals surface area contributed by atoms with E-state index >= 15 is 0 Å². The zero-order chi connectivity index (χ0) is 8.15. The molecule has 0 aliphatic carbocycles. The van der Waals surface area contributed by atoms with Crippen LogP contribution in [0.25, 0.3) is 0 Å². The topological polar surface area (TPSA) is 61.2 Å². The number of carbonyl (C=O) groups excluding carboxylic acids is 2. The summed E-state index contributed by atoms with van der Waals surface area (Å²) in [5, 5.41) is 6.84. The standard InChI is InChI=1S/C5H5ClN2O2/c1-8(3-9)5(10)4(6)2-7/h3-4H,1H3. The Morgan fingerprint density at radius 1 is 1.90 bits per heavy atom. The molecule has 0 N–H and O–H groups in total. The van der Waals surface area contributed by atoms with Gasteiger partial charge in [-0.15, -0.1) is 0 Å². The quantitative estimate of drug-likeness (QED) is 0.413. The third-order valence-electron chi connectivity index (χ3n) is 0.836. The van der Waals surface area contributed by atoms with Crippen LogP contribution < -0.4 is 0 Å². The minimum absolute atomic E-state index is 0.301. The second kappa shape index (κ2) is 3.85. The van der Waals surface area contributed by atoms with Crippen LogP contribution in [0.4, 0.5) is 0 Å². The maximum absolute atomic E-state index is 10.6. The van der Waals surface area contributed by atoms with Gasteiger partial charge in [-0.3, -0.25) is 14.5 Å². The number of amides is 2. The van der Waals surface area contributed by atoms with Gasteiger partial charge in [0.2, 0.25) is 6.41 Å². The predicted molar refractivity (Wildman–Crippen MR) is 34.1 cm³/mol. The van der Waals surface area contributed by atoms with Gasteiger partial charge >= 0.3 is 0 Å². The average molecular weight is 161 g/mol. The molecule has 0 aromatic rings. The Labute approximate surface area is 63.0 Å². The molecule has 1 atom stereocenters. The summed E-state index contributed by atoms with van der Waals surface area (Å²) in [6.07, 6.45) is 0.301. The minimum atomic E-state index is -1.27. The molecule has 10 heavy (non-hydrogen) atoms. The Kier molecular flexibility index (Phi) is 3.44. The van der Waals surface area contributed by atoms with Crippen LogP contribution in [0, 0.1) is 11.3 Å². The number of nitrogens with zero attached hydrogens (tertiary/aromatic N) is 2. The van der Waals surface area contributed by atoms with E-state index in [9.17, 15) is 9.59 Å². The van der Waals surface area contributed by atoms with Crippen LogP contribution in [0.2, 0.25) is 0 Å². The number of carbonyl (C=O) groups is 2. The molecule has 0 bridgehead atoms. The fourth-order valence-electron chi connectivity index (χ4n) is 0.286. The Morgan fingerprint density at radius 3 is 2.70 bits per heavy atom. The first kappa shape index (κ1) is 8.92. The van der Waals surface area contributed by atoms with E-state index in [1.54, 1.807) is 0 Å². The van der Waals surface area contributed by atoms with Crippen LogP contribution in [-0.2, 0) is 9.59 Å². The number of hydrogen-bond donors (Lipinski definition) is 0. The first-order valence-electron chi connectivity index (χ1n) is 2.39. The van der Waals surface area contributed by atoms with Crippen molar-refractivity contribution in [2.75, 3.05) is 7.05 Å². The van der Waals surface area contributed by atoms with Gasteiger partial charge in [0.05, 0.1) is 6.07 Å². The van der Waals surface area contributed by atoms with Crippen LogP contribution in [-0.4, -0.2) is 29.6 Å². The summed E-state index contributed by atoms with van der Waals surface area (Å²) in [6, 6.07) is 1.50. The first-order valence-corrected chi connectivity index (χ1v) is 2.82. The Balaban J connectivity index is 4.10. The molecule has 0 heterocycles. The zero-order valence-electron chi connectivity index (χ0n) is 5.24. The summed E-state index contributed by atoms with van der Waals surface area (Å²) < 4.78 is 0. The predicted octanol–water partition coefficient (Wildman–Crippen LogP) is -0.268. The van der Waals surface area contributed by atoms with Gasteiger partial charge in [-0.2, -0.15) is 5.26 Å². The Hall–Kier alpha value is -1.08. The zero-order valence-corrected chi connectivity index (χ0v) is 6.00. The molecule has 0 rings (SSSR count). The molecule has 0 radical (unpaired) electrons. The molecular formula is C5H5ClN2O2. The second-order valence-electron chi connectivity index (χ2n) is 1.55. The summed E-state index contributed by atoms with van der Waals surface area (Å²) in [6.45, 7) is 0. The van der Waals surface area contributed by atoms with Crippen molar-refractivity contribution in [2.24, 2.45) is 0 Å². The summed E-state index contributed by atoms with van der Waals surface area (Å²) in [5.41, 5.74) is 0. The molecule has 5 heteroatoms. The van der Waals surface area contributed by atoms with Crippen LogP contribution in [0.15, 0.2) is 0 Å². The summed E-state index contributed by atoms with van der Waals surface area (Å²) in [7, 11) is 1.24. The van der Waals surface area contributed by atoms with Gasteiger partial charge in [0.1, 0.15) is 0 Å². The lowest BCUT2D eigenvalue weighted by Gasteiger charge is -2.06. The number of imide groups is 1. The number of nitriles is 1. The van der Waals surface area contributed by atoms with E-state index < -0.39 is 11.3 Å². The van der Waals surface area contributed by atoms with E-state index in [-0.39, 0.29) is 0 Å². The fraction of sp³-hybridized carbons (Fsp3) is 0.400. The molecule has 0 aromatic heterocycles. The maximum atomic E-state index is 10.6. The first-order chi connectivity index (χ1) is 4.63. The highest BCUT2D eigenvalue weighted by atomic mass is 35.5. The van der Waals surface area contributed by atoms with Crippen molar-refractivity contribution in [3.8, 4) is 6.07 Å². The third kappa shape index (κ3) is 2.03. The number of halogens is 1. The van der Waals surface area contributed by atoms with Gasteiger partial charge in [-0.25, -0.2) is 0 Å². The van der Waals surface area contributed by atoms with Crippen molar-refractivity contribution in [1.29, 1.82) is 5.26 Å². The van der Waals surface area contributed by atoms with E-state index in [4.69, 9.17) is 16.9 Å². The third-order valence-corrected chi connectivity index (χ3v) is 1.12. The lowest BCUT2D eigenvalue weighted by Crippen LogP contribution is -2.31. The van der Waals surface area contributed by atoms with Gasteiger partial charge in [0.25, 0.3) is 5.91 Å². The molecule has 4 nitrogen and oxygen atoms in total. The molecule has 0 aliphatic heterocycles. The van der Waals surface area contributed by atoms with Crippen molar-refractivity contribution in [3.05, 3.63) is 0 Å². The van der Waals surface area contributed by atoms with Crippen molar-refractivity contribution in [1.82, 2.24) is 4.90 Å². The molecule has 54 valence electrons. The number of rotatable bonds is 2. The number of hydrogen-bond acceptors (Lipinski definition) is 3. The van der Waals surface area contributed by atoms with Gasteiger partial charge < -0.3 is 0 Å². The van der Waals surface area contributed by atoms with E-state index in [0.717, 1.165) is 4.90 Å². The second-order valence-corrected chi connectivity index (χ2v) is 1.98.